The van der Waals surface area contributed by atoms with Gasteiger partial charge < -0.3 is 30.0 Å². The van der Waals surface area contributed by atoms with Gasteiger partial charge >= 0.3 is 6.03 Å². The van der Waals surface area contributed by atoms with Crippen LogP contribution in [0.5, 0.6) is 17.2 Å². The first kappa shape index (κ1) is 29.9. The molecule has 1 saturated heterocycles. The van der Waals surface area contributed by atoms with E-state index < -0.39 is 18.2 Å². The van der Waals surface area contributed by atoms with E-state index in [1.165, 1.54) is 26.9 Å². The van der Waals surface area contributed by atoms with E-state index in [1.54, 1.807) is 19.1 Å². The van der Waals surface area contributed by atoms with Crippen molar-refractivity contribution < 1.29 is 24.1 Å². The number of hydrogen-bond acceptors (Lipinski definition) is 6. The van der Waals surface area contributed by atoms with Crippen LogP contribution in [0.15, 0.2) is 36.4 Å². The second-order valence-corrected chi connectivity index (χ2v) is 10.6. The summed E-state index contributed by atoms with van der Waals surface area (Å²) in [5.41, 5.74) is 1.80. The second kappa shape index (κ2) is 13.9. The average molecular weight is 548 g/mol. The number of likely N-dealkylation sites (tertiary alicyclic amines) is 1. The number of aliphatic hydroxyl groups is 1. The molecule has 0 spiro atoms. The lowest BCUT2D eigenvalue weighted by Crippen LogP contribution is -2.57. The summed E-state index contributed by atoms with van der Waals surface area (Å²) >= 11 is 6.06. The number of ether oxygens (including phenoxy) is 3. The Hall–Kier alpha value is -2.68. The molecule has 38 heavy (non-hydrogen) atoms. The number of rotatable bonds is 11. The first-order valence-corrected chi connectivity index (χ1v) is 13.6. The smallest absolute Gasteiger partial charge is 0.319 e. The number of urea groups is 1. The summed E-state index contributed by atoms with van der Waals surface area (Å²) < 4.78 is 16.1. The molecular weight excluding hydrogens is 506 g/mol. The lowest BCUT2D eigenvalue weighted by molar-refractivity contribution is 0.0305. The molecule has 9 heteroatoms. The molecule has 0 saturated carbocycles. The van der Waals surface area contributed by atoms with E-state index in [1.807, 2.05) is 12.1 Å². The summed E-state index contributed by atoms with van der Waals surface area (Å²) in [5.74, 6) is 1.90. The van der Waals surface area contributed by atoms with Gasteiger partial charge in [-0.25, -0.2) is 4.79 Å². The summed E-state index contributed by atoms with van der Waals surface area (Å²) in [7, 11) is 4.57. The number of aliphatic hydroxyl groups excluding tert-OH is 1. The zero-order chi connectivity index (χ0) is 27.8. The Bertz CT molecular complexity index is 1020. The molecule has 8 nitrogen and oxygen atoms in total. The van der Waals surface area contributed by atoms with Crippen molar-refractivity contribution in [1.29, 1.82) is 0 Å². The molecule has 0 bridgehead atoms. The van der Waals surface area contributed by atoms with E-state index in [2.05, 4.69) is 41.5 Å². The van der Waals surface area contributed by atoms with Crippen LogP contribution in [0.4, 0.5) is 10.5 Å². The normalized spacial score (nSPS) is 21.3. The number of benzene rings is 2. The van der Waals surface area contributed by atoms with E-state index in [0.717, 1.165) is 30.7 Å². The fourth-order valence-electron chi connectivity index (χ4n) is 5.48. The van der Waals surface area contributed by atoms with Crippen LogP contribution in [0.2, 0.25) is 5.02 Å². The van der Waals surface area contributed by atoms with Crippen LogP contribution in [0.1, 0.15) is 45.6 Å². The Morgan fingerprint density at radius 3 is 2.26 bits per heavy atom. The predicted octanol–water partition coefficient (Wildman–Crippen LogP) is 5.36. The van der Waals surface area contributed by atoms with Gasteiger partial charge in [-0.1, -0.05) is 30.7 Å². The first-order valence-electron chi connectivity index (χ1n) is 13.2. The minimum atomic E-state index is -0.725. The number of methoxy groups -OCH3 is 3. The molecule has 2 aromatic carbocycles. The molecule has 2 amide bonds. The molecule has 1 aliphatic heterocycles. The molecule has 0 aliphatic carbocycles. The van der Waals surface area contributed by atoms with Crippen molar-refractivity contribution in [2.24, 2.45) is 5.92 Å². The molecule has 3 N–H and O–H groups in total. The van der Waals surface area contributed by atoms with Crippen molar-refractivity contribution in [3.63, 3.8) is 0 Å². The van der Waals surface area contributed by atoms with Crippen LogP contribution >= 0.6 is 11.6 Å². The van der Waals surface area contributed by atoms with E-state index in [0.29, 0.717) is 47.5 Å². The first-order chi connectivity index (χ1) is 18.2. The molecule has 3 rings (SSSR count). The Morgan fingerprint density at radius 1 is 1.11 bits per heavy atom. The average Bonchev–Trinajstić information content (AvgIpc) is 2.89. The zero-order valence-electron chi connectivity index (χ0n) is 23.3. The molecular formula is C29H42ClN3O5. The van der Waals surface area contributed by atoms with E-state index in [-0.39, 0.29) is 0 Å². The van der Waals surface area contributed by atoms with Crippen LogP contribution in [-0.4, -0.2) is 68.1 Å². The third-order valence-corrected chi connectivity index (χ3v) is 7.70. The van der Waals surface area contributed by atoms with Crippen molar-refractivity contribution in [2.45, 2.75) is 70.7 Å². The minimum Gasteiger partial charge on any atom is -0.493 e. The molecule has 0 radical (unpaired) electrons. The van der Waals surface area contributed by atoms with Crippen molar-refractivity contribution in [3.05, 3.63) is 47.0 Å². The number of carbonyl (C=O) groups excluding carboxylic acids is 1. The highest BCUT2D eigenvalue weighted by Crippen LogP contribution is 2.40. The highest BCUT2D eigenvalue weighted by Gasteiger charge is 2.35. The predicted molar refractivity (Wildman–Crippen MR) is 152 cm³/mol. The van der Waals surface area contributed by atoms with Gasteiger partial charge in [-0.15, -0.1) is 0 Å². The van der Waals surface area contributed by atoms with Crippen LogP contribution < -0.4 is 24.8 Å². The lowest BCUT2D eigenvalue weighted by Gasteiger charge is -2.46. The van der Waals surface area contributed by atoms with Gasteiger partial charge in [0.25, 0.3) is 0 Å². The number of anilines is 1. The van der Waals surface area contributed by atoms with Gasteiger partial charge in [0, 0.05) is 35.8 Å². The number of hydrogen-bond donors (Lipinski definition) is 3. The summed E-state index contributed by atoms with van der Waals surface area (Å²) in [6.45, 7) is 6.72. The molecule has 1 heterocycles. The van der Waals surface area contributed by atoms with E-state index >= 15 is 0 Å². The van der Waals surface area contributed by atoms with Gasteiger partial charge in [0.1, 0.15) is 0 Å². The standard InChI is InChI=1S/C29H42ClN3O5/c1-7-24-14-21(13-20-8-10-22(30)11-9-20)12-18(2)33(24)17-25(19(3)34)32-29(35)31-23-15-26(36-4)28(38-6)27(16-23)37-5/h8-11,15-16,18-19,21,24-25,34H,7,12-14,17H2,1-6H3,(H2,31,32,35)/t18?,19?,21?,24?,25-/m0/s1. The van der Waals surface area contributed by atoms with Crippen molar-refractivity contribution in [1.82, 2.24) is 10.2 Å². The third-order valence-electron chi connectivity index (χ3n) is 7.45. The number of nitrogens with zero attached hydrogens (tertiary/aromatic N) is 1. The van der Waals surface area contributed by atoms with Gasteiger partial charge in [0.2, 0.25) is 5.75 Å². The zero-order valence-corrected chi connectivity index (χ0v) is 24.0. The summed E-state index contributed by atoms with van der Waals surface area (Å²) in [6, 6.07) is 11.3. The monoisotopic (exact) mass is 547 g/mol. The number of halogens is 1. The topological polar surface area (TPSA) is 92.3 Å². The van der Waals surface area contributed by atoms with E-state index in [4.69, 9.17) is 25.8 Å². The molecule has 1 fully saturated rings. The van der Waals surface area contributed by atoms with Gasteiger partial charge in [0.05, 0.1) is 39.2 Å². The number of carbonyl (C=O) groups is 1. The summed E-state index contributed by atoms with van der Waals surface area (Å²) in [6.07, 6.45) is 3.45. The lowest BCUT2D eigenvalue weighted by atomic mass is 9.81. The van der Waals surface area contributed by atoms with Crippen molar-refractivity contribution in [3.8, 4) is 17.2 Å². The minimum absolute atomic E-state index is 0.326. The van der Waals surface area contributed by atoms with Crippen LogP contribution in [-0.2, 0) is 6.42 Å². The molecule has 4 unspecified atom stereocenters. The maximum Gasteiger partial charge on any atom is 0.319 e. The summed E-state index contributed by atoms with van der Waals surface area (Å²) in [4.78, 5) is 15.4. The fourth-order valence-corrected chi connectivity index (χ4v) is 5.61. The number of nitrogens with one attached hydrogen (secondary N) is 2. The second-order valence-electron chi connectivity index (χ2n) is 10.1. The maximum absolute atomic E-state index is 13.0. The largest absolute Gasteiger partial charge is 0.493 e. The van der Waals surface area contributed by atoms with Crippen LogP contribution in [0, 0.1) is 5.92 Å². The van der Waals surface area contributed by atoms with Crippen LogP contribution in [0.25, 0.3) is 0 Å². The molecule has 210 valence electrons. The highest BCUT2D eigenvalue weighted by molar-refractivity contribution is 6.30. The van der Waals surface area contributed by atoms with E-state index in [9.17, 15) is 9.90 Å². The van der Waals surface area contributed by atoms with Gasteiger partial charge in [-0.3, -0.25) is 4.90 Å². The van der Waals surface area contributed by atoms with Gasteiger partial charge in [-0.2, -0.15) is 0 Å². The Labute approximate surface area is 231 Å². The molecule has 1 aliphatic rings. The van der Waals surface area contributed by atoms with Gasteiger partial charge in [-0.05, 0) is 63.1 Å². The Kier molecular flexibility index (Phi) is 10.9. The quantitative estimate of drug-likeness (QED) is 0.351. The Balaban J connectivity index is 1.65. The molecule has 5 atom stereocenters. The number of amides is 2. The SMILES string of the molecule is CCC1CC(Cc2ccc(Cl)cc2)CC(C)N1C[C@H](NC(=O)Nc1cc(OC)c(OC)c(OC)c1)C(C)O. The molecule has 0 aromatic heterocycles. The van der Waals surface area contributed by atoms with Crippen molar-refractivity contribution >= 4 is 23.3 Å². The third kappa shape index (κ3) is 7.68. The fraction of sp³-hybridized carbons (Fsp3) is 0.552. The maximum atomic E-state index is 13.0. The van der Waals surface area contributed by atoms with Crippen LogP contribution in [0.3, 0.4) is 0 Å². The van der Waals surface area contributed by atoms with Crippen molar-refractivity contribution in [2.75, 3.05) is 33.2 Å². The molecule has 2 aromatic rings. The summed E-state index contributed by atoms with van der Waals surface area (Å²) in [5, 5.41) is 17.1. The Morgan fingerprint density at radius 2 is 1.74 bits per heavy atom. The number of piperidine rings is 1. The van der Waals surface area contributed by atoms with Gasteiger partial charge in [0.15, 0.2) is 11.5 Å². The highest BCUT2D eigenvalue weighted by atomic mass is 35.5.